The smallest absolute Gasteiger partial charge is 0.131 e. The predicted octanol–water partition coefficient (Wildman–Crippen LogP) is 1.97. The number of rotatable bonds is 3. The SMILES string of the molecule is Nc1cccc(-c2cn(Cc3ccccc3)nn2)n1. The second-order valence-corrected chi connectivity index (χ2v) is 4.23. The first kappa shape index (κ1) is 11.4. The average Bonchev–Trinajstić information content (AvgIpc) is 2.88. The van der Waals surface area contributed by atoms with Gasteiger partial charge in [-0.1, -0.05) is 41.6 Å². The van der Waals surface area contributed by atoms with Gasteiger partial charge in [0, 0.05) is 0 Å². The number of nitrogens with two attached hydrogens (primary N) is 1. The molecule has 19 heavy (non-hydrogen) atoms. The summed E-state index contributed by atoms with van der Waals surface area (Å²) in [6.45, 7) is 0.691. The summed E-state index contributed by atoms with van der Waals surface area (Å²) in [4.78, 5) is 4.23. The Kier molecular flexibility index (Phi) is 2.94. The van der Waals surface area contributed by atoms with Crippen molar-refractivity contribution in [2.24, 2.45) is 0 Å². The summed E-state index contributed by atoms with van der Waals surface area (Å²) in [5.74, 6) is 0.482. The standard InChI is InChI=1S/C14H13N5/c15-14-8-4-7-12(16-14)13-10-19(18-17-13)9-11-5-2-1-3-6-11/h1-8,10H,9H2,(H2,15,16). The zero-order valence-electron chi connectivity index (χ0n) is 10.3. The molecule has 5 heteroatoms. The van der Waals surface area contributed by atoms with Crippen molar-refractivity contribution in [1.29, 1.82) is 0 Å². The van der Waals surface area contributed by atoms with Gasteiger partial charge >= 0.3 is 0 Å². The van der Waals surface area contributed by atoms with E-state index in [4.69, 9.17) is 5.73 Å². The van der Waals surface area contributed by atoms with Crippen LogP contribution in [0.1, 0.15) is 5.56 Å². The molecular weight excluding hydrogens is 238 g/mol. The third kappa shape index (κ3) is 2.60. The predicted molar refractivity (Wildman–Crippen MR) is 73.2 cm³/mol. The molecule has 94 valence electrons. The normalized spacial score (nSPS) is 10.5. The van der Waals surface area contributed by atoms with Gasteiger partial charge in [0.2, 0.25) is 0 Å². The fourth-order valence-electron chi connectivity index (χ4n) is 1.86. The second-order valence-electron chi connectivity index (χ2n) is 4.23. The fraction of sp³-hybridized carbons (Fsp3) is 0.0714. The van der Waals surface area contributed by atoms with Gasteiger partial charge in [-0.2, -0.15) is 0 Å². The highest BCUT2D eigenvalue weighted by molar-refractivity contribution is 5.54. The fourth-order valence-corrected chi connectivity index (χ4v) is 1.86. The lowest BCUT2D eigenvalue weighted by Gasteiger charge is -1.99. The van der Waals surface area contributed by atoms with Crippen molar-refractivity contribution in [3.8, 4) is 11.4 Å². The molecule has 1 aromatic carbocycles. The van der Waals surface area contributed by atoms with Crippen molar-refractivity contribution in [3.05, 3.63) is 60.3 Å². The lowest BCUT2D eigenvalue weighted by Crippen LogP contribution is -1.99. The van der Waals surface area contributed by atoms with E-state index >= 15 is 0 Å². The largest absolute Gasteiger partial charge is 0.384 e. The summed E-state index contributed by atoms with van der Waals surface area (Å²) in [5.41, 5.74) is 8.30. The highest BCUT2D eigenvalue weighted by Gasteiger charge is 2.05. The molecule has 2 heterocycles. The van der Waals surface area contributed by atoms with Gasteiger partial charge in [0.1, 0.15) is 11.5 Å². The quantitative estimate of drug-likeness (QED) is 0.772. The van der Waals surface area contributed by atoms with E-state index in [9.17, 15) is 0 Å². The molecule has 2 aromatic heterocycles. The second kappa shape index (κ2) is 4.89. The molecule has 0 aliphatic carbocycles. The van der Waals surface area contributed by atoms with E-state index in [-0.39, 0.29) is 0 Å². The maximum Gasteiger partial charge on any atom is 0.131 e. The van der Waals surface area contributed by atoms with Crippen molar-refractivity contribution in [2.75, 3.05) is 5.73 Å². The van der Waals surface area contributed by atoms with Crippen LogP contribution >= 0.6 is 0 Å². The molecule has 3 aromatic rings. The van der Waals surface area contributed by atoms with Gasteiger partial charge in [-0.15, -0.1) is 5.10 Å². The summed E-state index contributed by atoms with van der Waals surface area (Å²) >= 11 is 0. The maximum absolute atomic E-state index is 5.66. The zero-order valence-corrected chi connectivity index (χ0v) is 10.3. The van der Waals surface area contributed by atoms with Gasteiger partial charge in [0.05, 0.1) is 18.4 Å². The van der Waals surface area contributed by atoms with Crippen LogP contribution in [-0.2, 0) is 6.54 Å². The molecule has 0 aliphatic rings. The number of nitrogens with zero attached hydrogens (tertiary/aromatic N) is 4. The van der Waals surface area contributed by atoms with E-state index in [0.717, 1.165) is 11.4 Å². The van der Waals surface area contributed by atoms with Crippen LogP contribution in [0.5, 0.6) is 0 Å². The van der Waals surface area contributed by atoms with Crippen molar-refractivity contribution in [1.82, 2.24) is 20.0 Å². The van der Waals surface area contributed by atoms with Crippen molar-refractivity contribution < 1.29 is 0 Å². The van der Waals surface area contributed by atoms with Crippen molar-refractivity contribution >= 4 is 5.82 Å². The van der Waals surface area contributed by atoms with Gasteiger partial charge in [0.15, 0.2) is 0 Å². The van der Waals surface area contributed by atoms with E-state index in [1.807, 2.05) is 36.5 Å². The molecule has 0 atom stereocenters. The molecule has 0 aliphatic heterocycles. The maximum atomic E-state index is 5.66. The molecular formula is C14H13N5. The van der Waals surface area contributed by atoms with Crippen LogP contribution in [0, 0.1) is 0 Å². The monoisotopic (exact) mass is 251 g/mol. The molecule has 0 radical (unpaired) electrons. The number of hydrogen-bond donors (Lipinski definition) is 1. The Morgan fingerprint density at radius 3 is 2.58 bits per heavy atom. The van der Waals surface area contributed by atoms with Gasteiger partial charge in [-0.3, -0.25) is 0 Å². The Balaban J connectivity index is 1.84. The third-order valence-corrected chi connectivity index (χ3v) is 2.76. The van der Waals surface area contributed by atoms with Crippen LogP contribution in [-0.4, -0.2) is 20.0 Å². The molecule has 0 amide bonds. The average molecular weight is 251 g/mol. The van der Waals surface area contributed by atoms with E-state index in [2.05, 4.69) is 27.4 Å². The lowest BCUT2D eigenvalue weighted by atomic mass is 10.2. The molecule has 0 saturated carbocycles. The Hall–Kier alpha value is -2.69. The molecule has 0 fully saturated rings. The van der Waals surface area contributed by atoms with Crippen LogP contribution in [0.3, 0.4) is 0 Å². The number of nitrogen functional groups attached to an aromatic ring is 1. The van der Waals surface area contributed by atoms with Crippen LogP contribution in [0.4, 0.5) is 5.82 Å². The Morgan fingerprint density at radius 2 is 1.79 bits per heavy atom. The van der Waals surface area contributed by atoms with Gasteiger partial charge in [0.25, 0.3) is 0 Å². The van der Waals surface area contributed by atoms with Gasteiger partial charge in [-0.05, 0) is 17.7 Å². The summed E-state index contributed by atoms with van der Waals surface area (Å²) in [5, 5.41) is 8.22. The van der Waals surface area contributed by atoms with Crippen molar-refractivity contribution in [3.63, 3.8) is 0 Å². The number of benzene rings is 1. The minimum atomic E-state index is 0.482. The van der Waals surface area contributed by atoms with Crippen LogP contribution < -0.4 is 5.73 Å². The number of anilines is 1. The van der Waals surface area contributed by atoms with Gasteiger partial charge in [-0.25, -0.2) is 9.67 Å². The summed E-state index contributed by atoms with van der Waals surface area (Å²) in [7, 11) is 0. The zero-order chi connectivity index (χ0) is 13.1. The van der Waals surface area contributed by atoms with Gasteiger partial charge < -0.3 is 5.73 Å². The van der Waals surface area contributed by atoms with Crippen LogP contribution in [0.2, 0.25) is 0 Å². The highest BCUT2D eigenvalue weighted by atomic mass is 15.4. The minimum absolute atomic E-state index is 0.482. The molecule has 0 unspecified atom stereocenters. The number of hydrogen-bond acceptors (Lipinski definition) is 4. The topological polar surface area (TPSA) is 69.6 Å². The first-order valence-corrected chi connectivity index (χ1v) is 5.98. The van der Waals surface area contributed by atoms with E-state index in [1.165, 1.54) is 5.56 Å². The molecule has 0 saturated heterocycles. The summed E-state index contributed by atoms with van der Waals surface area (Å²) in [6.07, 6.45) is 1.87. The number of pyridine rings is 1. The third-order valence-electron chi connectivity index (χ3n) is 2.76. The first-order chi connectivity index (χ1) is 9.31. The minimum Gasteiger partial charge on any atom is -0.384 e. The molecule has 0 spiro atoms. The summed E-state index contributed by atoms with van der Waals surface area (Å²) in [6, 6.07) is 15.6. The lowest BCUT2D eigenvalue weighted by molar-refractivity contribution is 0.650. The van der Waals surface area contributed by atoms with E-state index in [0.29, 0.717) is 12.4 Å². The molecule has 5 nitrogen and oxygen atoms in total. The summed E-state index contributed by atoms with van der Waals surface area (Å²) < 4.78 is 1.79. The van der Waals surface area contributed by atoms with E-state index in [1.54, 1.807) is 10.7 Å². The molecule has 2 N–H and O–H groups in total. The van der Waals surface area contributed by atoms with Crippen molar-refractivity contribution in [2.45, 2.75) is 6.54 Å². The van der Waals surface area contributed by atoms with Crippen LogP contribution in [0.25, 0.3) is 11.4 Å². The highest BCUT2D eigenvalue weighted by Crippen LogP contribution is 2.14. The van der Waals surface area contributed by atoms with E-state index < -0.39 is 0 Å². The van der Waals surface area contributed by atoms with Crippen LogP contribution in [0.15, 0.2) is 54.7 Å². The molecule has 3 rings (SSSR count). The number of aromatic nitrogens is 4. The Morgan fingerprint density at radius 1 is 0.947 bits per heavy atom. The Labute approximate surface area is 110 Å². The molecule has 0 bridgehead atoms. The Bertz CT molecular complexity index is 675. The first-order valence-electron chi connectivity index (χ1n) is 5.98.